The fourth-order valence-electron chi connectivity index (χ4n) is 2.54. The standard InChI is InChI=1S/C13H19NO2S/c1-2-10-5-3-4-6-12(10)13(14)11-7-8-17(15,16)9-11/h3-6,11,13H,2,7-9,14H2,1H3. The van der Waals surface area contributed by atoms with Gasteiger partial charge in [-0.2, -0.15) is 0 Å². The predicted molar refractivity (Wildman–Crippen MR) is 69.5 cm³/mol. The third-order valence-corrected chi connectivity index (χ3v) is 5.36. The van der Waals surface area contributed by atoms with Crippen LogP contribution in [0, 0.1) is 5.92 Å². The van der Waals surface area contributed by atoms with Crippen molar-refractivity contribution in [3.05, 3.63) is 35.4 Å². The number of hydrogen-bond acceptors (Lipinski definition) is 3. The first kappa shape index (κ1) is 12.6. The Morgan fingerprint density at radius 1 is 1.41 bits per heavy atom. The summed E-state index contributed by atoms with van der Waals surface area (Å²) >= 11 is 0. The zero-order chi connectivity index (χ0) is 12.5. The Hall–Kier alpha value is -0.870. The normalized spacial score (nSPS) is 24.7. The number of rotatable bonds is 3. The van der Waals surface area contributed by atoms with Gasteiger partial charge in [0.15, 0.2) is 9.84 Å². The summed E-state index contributed by atoms with van der Waals surface area (Å²) in [7, 11) is -2.85. The van der Waals surface area contributed by atoms with E-state index in [9.17, 15) is 8.42 Å². The molecule has 0 aliphatic carbocycles. The summed E-state index contributed by atoms with van der Waals surface area (Å²) in [5, 5.41) is 0. The molecule has 3 nitrogen and oxygen atoms in total. The van der Waals surface area contributed by atoms with E-state index in [1.165, 1.54) is 5.56 Å². The zero-order valence-electron chi connectivity index (χ0n) is 10.1. The lowest BCUT2D eigenvalue weighted by atomic mass is 9.89. The van der Waals surface area contributed by atoms with Crippen LogP contribution in [-0.2, 0) is 16.3 Å². The van der Waals surface area contributed by atoms with Crippen LogP contribution in [0.15, 0.2) is 24.3 Å². The fraction of sp³-hybridized carbons (Fsp3) is 0.538. The van der Waals surface area contributed by atoms with Gasteiger partial charge in [0.05, 0.1) is 11.5 Å². The van der Waals surface area contributed by atoms with Crippen molar-refractivity contribution in [2.24, 2.45) is 11.7 Å². The molecule has 1 aromatic carbocycles. The molecule has 1 heterocycles. The molecule has 2 N–H and O–H groups in total. The smallest absolute Gasteiger partial charge is 0.150 e. The summed E-state index contributed by atoms with van der Waals surface area (Å²) in [6.07, 6.45) is 1.63. The summed E-state index contributed by atoms with van der Waals surface area (Å²) < 4.78 is 23.0. The molecule has 0 radical (unpaired) electrons. The lowest BCUT2D eigenvalue weighted by Gasteiger charge is -2.20. The van der Waals surface area contributed by atoms with Crippen molar-refractivity contribution in [1.82, 2.24) is 0 Å². The molecule has 1 aliphatic rings. The molecule has 0 spiro atoms. The average Bonchev–Trinajstić information content (AvgIpc) is 2.68. The van der Waals surface area contributed by atoms with E-state index in [1.807, 2.05) is 18.2 Å². The van der Waals surface area contributed by atoms with Gasteiger partial charge in [-0.25, -0.2) is 8.42 Å². The minimum absolute atomic E-state index is 0.0766. The van der Waals surface area contributed by atoms with Crippen LogP contribution >= 0.6 is 0 Å². The molecule has 2 atom stereocenters. The highest BCUT2D eigenvalue weighted by molar-refractivity contribution is 7.91. The molecular formula is C13H19NO2S. The summed E-state index contributed by atoms with van der Waals surface area (Å²) in [5.74, 6) is 0.610. The molecule has 2 unspecified atom stereocenters. The predicted octanol–water partition coefficient (Wildman–Crippen LogP) is 1.68. The van der Waals surface area contributed by atoms with Crippen molar-refractivity contribution in [1.29, 1.82) is 0 Å². The van der Waals surface area contributed by atoms with Crippen LogP contribution in [0.3, 0.4) is 0 Å². The highest BCUT2D eigenvalue weighted by Crippen LogP contribution is 2.31. The van der Waals surface area contributed by atoms with Crippen molar-refractivity contribution in [3.63, 3.8) is 0 Å². The van der Waals surface area contributed by atoms with Gasteiger partial charge in [-0.15, -0.1) is 0 Å². The highest BCUT2D eigenvalue weighted by Gasteiger charge is 2.33. The first-order valence-electron chi connectivity index (χ1n) is 6.07. The van der Waals surface area contributed by atoms with E-state index in [0.29, 0.717) is 12.2 Å². The molecule has 0 bridgehead atoms. The van der Waals surface area contributed by atoms with Gasteiger partial charge in [-0.05, 0) is 29.9 Å². The minimum atomic E-state index is -2.85. The summed E-state index contributed by atoms with van der Waals surface area (Å²) in [6, 6.07) is 7.91. The van der Waals surface area contributed by atoms with Crippen LogP contribution < -0.4 is 5.73 Å². The Morgan fingerprint density at radius 3 is 2.71 bits per heavy atom. The third-order valence-electron chi connectivity index (χ3n) is 3.57. The van der Waals surface area contributed by atoms with Crippen LogP contribution in [0.2, 0.25) is 0 Å². The first-order chi connectivity index (χ1) is 8.03. The second kappa shape index (κ2) is 4.78. The maximum Gasteiger partial charge on any atom is 0.150 e. The van der Waals surface area contributed by atoms with Gasteiger partial charge in [0.2, 0.25) is 0 Å². The fourth-order valence-corrected chi connectivity index (χ4v) is 4.40. The van der Waals surface area contributed by atoms with Crippen LogP contribution in [0.4, 0.5) is 0 Å². The van der Waals surface area contributed by atoms with Crippen LogP contribution in [0.1, 0.15) is 30.5 Å². The largest absolute Gasteiger partial charge is 0.324 e. The van der Waals surface area contributed by atoms with Gasteiger partial charge in [-0.3, -0.25) is 0 Å². The Bertz CT molecular complexity index is 496. The Kier molecular flexibility index (Phi) is 3.54. The number of aryl methyl sites for hydroxylation is 1. The van der Waals surface area contributed by atoms with Crippen LogP contribution in [-0.4, -0.2) is 19.9 Å². The van der Waals surface area contributed by atoms with Crippen molar-refractivity contribution in [2.75, 3.05) is 11.5 Å². The maximum absolute atomic E-state index is 11.5. The molecule has 2 rings (SSSR count). The lowest BCUT2D eigenvalue weighted by molar-refractivity contribution is 0.477. The molecule has 1 fully saturated rings. The molecule has 1 saturated heterocycles. The molecule has 4 heteroatoms. The van der Waals surface area contributed by atoms with Crippen LogP contribution in [0.5, 0.6) is 0 Å². The number of nitrogens with two attached hydrogens (primary N) is 1. The van der Waals surface area contributed by atoms with Gasteiger partial charge < -0.3 is 5.73 Å². The molecule has 0 aromatic heterocycles. The Balaban J connectivity index is 2.23. The number of sulfone groups is 1. The molecule has 1 aliphatic heterocycles. The quantitative estimate of drug-likeness (QED) is 0.891. The second-order valence-corrected chi connectivity index (χ2v) is 6.97. The molecule has 1 aromatic rings. The monoisotopic (exact) mass is 253 g/mol. The summed E-state index contributed by atoms with van der Waals surface area (Å²) in [5.41, 5.74) is 8.57. The molecule has 17 heavy (non-hydrogen) atoms. The van der Waals surface area contributed by atoms with E-state index >= 15 is 0 Å². The molecule has 0 amide bonds. The SMILES string of the molecule is CCc1ccccc1C(N)C1CCS(=O)(=O)C1. The van der Waals surface area contributed by atoms with Gasteiger partial charge in [0.25, 0.3) is 0 Å². The number of hydrogen-bond donors (Lipinski definition) is 1. The summed E-state index contributed by atoms with van der Waals surface area (Å²) in [6.45, 7) is 2.09. The summed E-state index contributed by atoms with van der Waals surface area (Å²) in [4.78, 5) is 0. The van der Waals surface area contributed by atoms with Crippen molar-refractivity contribution in [2.45, 2.75) is 25.8 Å². The van der Waals surface area contributed by atoms with E-state index in [0.717, 1.165) is 12.0 Å². The maximum atomic E-state index is 11.5. The van der Waals surface area contributed by atoms with Gasteiger partial charge in [-0.1, -0.05) is 31.2 Å². The average molecular weight is 253 g/mol. The first-order valence-corrected chi connectivity index (χ1v) is 7.89. The van der Waals surface area contributed by atoms with E-state index in [1.54, 1.807) is 0 Å². The Morgan fingerprint density at radius 2 is 2.12 bits per heavy atom. The van der Waals surface area contributed by atoms with E-state index in [2.05, 4.69) is 13.0 Å². The molecule has 0 saturated carbocycles. The molecular weight excluding hydrogens is 234 g/mol. The minimum Gasteiger partial charge on any atom is -0.324 e. The lowest BCUT2D eigenvalue weighted by Crippen LogP contribution is -2.23. The van der Waals surface area contributed by atoms with E-state index in [-0.39, 0.29) is 17.7 Å². The number of benzene rings is 1. The van der Waals surface area contributed by atoms with Gasteiger partial charge in [0, 0.05) is 6.04 Å². The van der Waals surface area contributed by atoms with Crippen LogP contribution in [0.25, 0.3) is 0 Å². The second-order valence-electron chi connectivity index (χ2n) is 4.74. The van der Waals surface area contributed by atoms with Crippen molar-refractivity contribution < 1.29 is 8.42 Å². The van der Waals surface area contributed by atoms with E-state index in [4.69, 9.17) is 5.73 Å². The van der Waals surface area contributed by atoms with E-state index < -0.39 is 9.84 Å². The van der Waals surface area contributed by atoms with Crippen molar-refractivity contribution >= 4 is 9.84 Å². The molecule has 94 valence electrons. The topological polar surface area (TPSA) is 60.2 Å². The van der Waals surface area contributed by atoms with Crippen molar-refractivity contribution in [3.8, 4) is 0 Å². The Labute approximate surface area is 103 Å². The third kappa shape index (κ3) is 2.69. The van der Waals surface area contributed by atoms with Gasteiger partial charge in [0.1, 0.15) is 0 Å². The van der Waals surface area contributed by atoms with Gasteiger partial charge >= 0.3 is 0 Å². The highest BCUT2D eigenvalue weighted by atomic mass is 32.2. The zero-order valence-corrected chi connectivity index (χ0v) is 10.9.